The Morgan fingerprint density at radius 3 is 0.917 bits per heavy atom. The van der Waals surface area contributed by atoms with E-state index >= 15 is 0 Å². The molecule has 0 aliphatic carbocycles. The van der Waals surface area contributed by atoms with Crippen LogP contribution in [0.2, 0.25) is 0 Å². The van der Waals surface area contributed by atoms with Gasteiger partial charge < -0.3 is 25.0 Å². The first-order valence-electron chi connectivity index (χ1n) is 2.80. The van der Waals surface area contributed by atoms with E-state index in [0.29, 0.717) is 0 Å². The van der Waals surface area contributed by atoms with Crippen molar-refractivity contribution >= 4 is 0 Å². The van der Waals surface area contributed by atoms with Crippen LogP contribution in [0.3, 0.4) is 0 Å². The molecule has 0 unspecified atom stereocenters. The van der Waals surface area contributed by atoms with E-state index in [-0.39, 0.29) is 35.9 Å². The van der Waals surface area contributed by atoms with Crippen molar-refractivity contribution in [3.05, 3.63) is 30.9 Å². The number of nitrogens with zero attached hydrogens (tertiary/aromatic N) is 1. The fraction of sp³-hybridized carbons (Fsp3) is 0.444. The third-order valence-corrected chi connectivity index (χ3v) is 0. The monoisotopic (exact) mass is 206 g/mol. The van der Waals surface area contributed by atoms with Gasteiger partial charge in [0, 0.05) is 0 Å². The van der Waals surface area contributed by atoms with Crippen LogP contribution in [0.15, 0.2) is 11.1 Å². The minimum Gasteiger partial charge on any atom is -0.515 e. The average Bonchev–Trinajstić information content (AvgIpc) is 1.66. The summed E-state index contributed by atoms with van der Waals surface area (Å²) in [4.78, 5) is 0. The number of hydrogen-bond acceptors (Lipinski definition) is 1. The molecular weight excluding hydrogens is 193 g/mol. The molecule has 0 bridgehead atoms. The third-order valence-electron chi connectivity index (χ3n) is 0. The van der Waals surface area contributed by atoms with Crippen LogP contribution < -0.4 is 18.9 Å². The van der Waals surface area contributed by atoms with Crippen LogP contribution in [0.4, 0.5) is 0 Å². The summed E-state index contributed by atoms with van der Waals surface area (Å²) < 4.78 is 0. The van der Waals surface area contributed by atoms with E-state index in [4.69, 9.17) is 25.0 Å². The van der Waals surface area contributed by atoms with Crippen LogP contribution in [-0.4, -0.2) is 0 Å². The minimum atomic E-state index is 0. The van der Waals surface area contributed by atoms with Crippen molar-refractivity contribution in [2.24, 2.45) is 0 Å². The van der Waals surface area contributed by atoms with Crippen molar-refractivity contribution < 1.29 is 35.9 Å². The molecule has 0 amide bonds. The molecule has 0 aliphatic rings. The molecular formula is C9H14CuLiN. The largest absolute Gasteiger partial charge is 2.00 e. The molecule has 0 saturated carbocycles. The van der Waals surface area contributed by atoms with Crippen LogP contribution in [0.1, 0.15) is 27.7 Å². The van der Waals surface area contributed by atoms with E-state index in [1.54, 1.807) is 0 Å². The van der Waals surface area contributed by atoms with E-state index in [0.717, 1.165) is 11.1 Å². The predicted molar refractivity (Wildman–Crippen MR) is 43.3 cm³/mol. The summed E-state index contributed by atoms with van der Waals surface area (Å²) in [6.45, 7) is 22.2. The zero-order valence-electron chi connectivity index (χ0n) is 8.40. The van der Waals surface area contributed by atoms with E-state index in [1.807, 2.05) is 27.7 Å². The van der Waals surface area contributed by atoms with Crippen LogP contribution >= 0.6 is 0 Å². The first-order chi connectivity index (χ1) is 4.46. The van der Waals surface area contributed by atoms with Gasteiger partial charge in [-0.05, 0) is 0 Å². The van der Waals surface area contributed by atoms with Crippen LogP contribution in [0, 0.1) is 25.0 Å². The van der Waals surface area contributed by atoms with Crippen molar-refractivity contribution in [1.29, 1.82) is 5.26 Å². The summed E-state index contributed by atoms with van der Waals surface area (Å²) in [5, 5.41) is 6.25. The Balaban J connectivity index is -0.0000000198. The molecule has 0 saturated heterocycles. The van der Waals surface area contributed by atoms with E-state index < -0.39 is 0 Å². The maximum atomic E-state index is 6.25. The summed E-state index contributed by atoms with van der Waals surface area (Å²) in [5.41, 5.74) is 1.83. The van der Waals surface area contributed by atoms with Crippen LogP contribution in [0.25, 0.3) is 0 Å². The molecule has 0 rings (SSSR count). The van der Waals surface area contributed by atoms with Crippen molar-refractivity contribution in [3.8, 4) is 0 Å². The molecule has 0 atom stereocenters. The first kappa shape index (κ1) is 29.6. The number of rotatable bonds is 0. The molecule has 0 aromatic carbocycles. The molecule has 3 heteroatoms. The fourth-order valence-electron chi connectivity index (χ4n) is 0. The van der Waals surface area contributed by atoms with Gasteiger partial charge in [0.1, 0.15) is 0 Å². The Hall–Kier alpha value is 0.0869. The van der Waals surface area contributed by atoms with Gasteiger partial charge in [0.05, 0.1) is 0 Å². The molecule has 0 heterocycles. The Labute approximate surface area is 99.6 Å². The standard InChI is InChI=1S/2C4H7.CN.Cu.Li/c2*1-4(2)3;1-2;;/h2*1H,2-3H3;;;/q3*-1;+2;+1. The number of allylic oxidation sites excluding steroid dienone is 2. The SMILES string of the molecule is [C-]#N.[CH-]=C(C)C.[CH-]=C(C)C.[Cu+2].[Li+]. The Bertz CT molecular complexity index is 98.9. The van der Waals surface area contributed by atoms with Gasteiger partial charge in [-0.25, -0.2) is 0 Å². The van der Waals surface area contributed by atoms with Crippen molar-refractivity contribution in [2.75, 3.05) is 0 Å². The smallest absolute Gasteiger partial charge is 0.515 e. The van der Waals surface area contributed by atoms with Gasteiger partial charge in [-0.2, -0.15) is 0 Å². The molecule has 0 aromatic rings. The molecule has 1 radical (unpaired) electrons. The summed E-state index contributed by atoms with van der Waals surface area (Å²) in [6.07, 6.45) is 0. The Morgan fingerprint density at radius 1 is 0.917 bits per heavy atom. The summed E-state index contributed by atoms with van der Waals surface area (Å²) in [7, 11) is 0. The normalized spacial score (nSPS) is 4.50. The number of hydrogen-bond donors (Lipinski definition) is 0. The van der Waals surface area contributed by atoms with Gasteiger partial charge in [0.2, 0.25) is 0 Å². The van der Waals surface area contributed by atoms with Crippen molar-refractivity contribution in [2.45, 2.75) is 27.7 Å². The zero-order chi connectivity index (χ0) is 9.15. The quantitative estimate of drug-likeness (QED) is 0.400. The molecule has 0 fully saturated rings. The summed E-state index contributed by atoms with van der Waals surface area (Å²) >= 11 is 0. The summed E-state index contributed by atoms with van der Waals surface area (Å²) in [6, 6.07) is 0. The molecule has 0 N–H and O–H groups in total. The van der Waals surface area contributed by atoms with Gasteiger partial charge in [0.25, 0.3) is 0 Å². The second kappa shape index (κ2) is 30.4. The maximum absolute atomic E-state index is 6.25. The van der Waals surface area contributed by atoms with Crippen LogP contribution in [-0.2, 0) is 17.1 Å². The van der Waals surface area contributed by atoms with Crippen molar-refractivity contribution in [3.63, 3.8) is 0 Å². The topological polar surface area (TPSA) is 23.8 Å². The van der Waals surface area contributed by atoms with Gasteiger partial charge in [0.15, 0.2) is 0 Å². The predicted octanol–water partition coefficient (Wildman–Crippen LogP) is -0.131. The molecule has 0 aliphatic heterocycles. The Kier molecular flexibility index (Phi) is 75.1. The second-order valence-corrected chi connectivity index (χ2v) is 2.15. The van der Waals surface area contributed by atoms with Gasteiger partial charge in [-0.3, -0.25) is 11.1 Å². The maximum Gasteiger partial charge on any atom is 2.00 e. The molecule has 1 nitrogen and oxygen atoms in total. The van der Waals surface area contributed by atoms with Crippen LogP contribution in [0.5, 0.6) is 0 Å². The van der Waals surface area contributed by atoms with E-state index in [2.05, 4.69) is 0 Å². The van der Waals surface area contributed by atoms with Gasteiger partial charge in [-0.15, -0.1) is 0 Å². The molecule has 67 valence electrons. The van der Waals surface area contributed by atoms with Gasteiger partial charge >= 0.3 is 35.9 Å². The average molecular weight is 207 g/mol. The third kappa shape index (κ3) is 110000. The molecule has 12 heavy (non-hydrogen) atoms. The zero-order valence-corrected chi connectivity index (χ0v) is 9.35. The second-order valence-electron chi connectivity index (χ2n) is 2.15. The van der Waals surface area contributed by atoms with Gasteiger partial charge in [-0.1, -0.05) is 27.7 Å². The molecule has 0 spiro atoms. The van der Waals surface area contributed by atoms with Crippen molar-refractivity contribution in [1.82, 2.24) is 0 Å². The first-order valence-corrected chi connectivity index (χ1v) is 2.80. The molecule has 0 aromatic heterocycles. The Morgan fingerprint density at radius 2 is 0.917 bits per heavy atom. The van der Waals surface area contributed by atoms with E-state index in [1.165, 1.54) is 0 Å². The van der Waals surface area contributed by atoms with E-state index in [9.17, 15) is 0 Å². The summed E-state index contributed by atoms with van der Waals surface area (Å²) in [5.74, 6) is 0. The minimum absolute atomic E-state index is 0. The fourth-order valence-corrected chi connectivity index (χ4v) is 0.